The normalized spacial score (nSPS) is 10.4. The molecule has 0 fully saturated rings. The van der Waals surface area contributed by atoms with Crippen molar-refractivity contribution < 1.29 is 24.1 Å². The molecule has 0 amide bonds. The van der Waals surface area contributed by atoms with Crippen LogP contribution < -0.4 is 5.73 Å². The maximum atomic E-state index is 11.6. The first kappa shape index (κ1) is 15.3. The second-order valence-corrected chi connectivity index (χ2v) is 3.87. The van der Waals surface area contributed by atoms with Gasteiger partial charge in [0.05, 0.1) is 19.8 Å². The van der Waals surface area contributed by atoms with Gasteiger partial charge in [-0.1, -0.05) is 0 Å². The van der Waals surface area contributed by atoms with Crippen molar-refractivity contribution in [2.45, 2.75) is 6.42 Å². The molecule has 0 unspecified atom stereocenters. The Balaban J connectivity index is 2.24. The minimum atomic E-state index is -0.575. The molecule has 6 nitrogen and oxygen atoms in total. The molecule has 106 valence electrons. The molecule has 0 saturated carbocycles. The molecule has 0 aliphatic rings. The Hall–Kier alpha value is -1.79. The molecule has 0 aliphatic carbocycles. The van der Waals surface area contributed by atoms with Crippen LogP contribution in [0.2, 0.25) is 0 Å². The number of carbonyl (C=O) groups excluding carboxylic acids is 1. The van der Waals surface area contributed by atoms with Crippen molar-refractivity contribution in [2.24, 2.45) is 0 Å². The van der Waals surface area contributed by atoms with E-state index < -0.39 is 5.97 Å². The van der Waals surface area contributed by atoms with E-state index in [0.29, 0.717) is 31.9 Å². The fraction of sp³-hybridized carbons (Fsp3) is 0.462. The van der Waals surface area contributed by atoms with Gasteiger partial charge in [0.2, 0.25) is 0 Å². The van der Waals surface area contributed by atoms with Crippen LogP contribution in [0.1, 0.15) is 16.8 Å². The van der Waals surface area contributed by atoms with Crippen molar-refractivity contribution in [2.75, 3.05) is 39.3 Å². The zero-order chi connectivity index (χ0) is 14.1. The maximum absolute atomic E-state index is 11.6. The Morgan fingerprint density at radius 3 is 2.74 bits per heavy atom. The van der Waals surface area contributed by atoms with E-state index in [2.05, 4.69) is 0 Å². The first-order chi connectivity index (χ1) is 9.15. The highest BCUT2D eigenvalue weighted by atomic mass is 16.5. The fourth-order valence-corrected chi connectivity index (χ4v) is 1.37. The number of nitrogen functional groups attached to an aromatic ring is 1. The number of hydrogen-bond donors (Lipinski definition) is 2. The fourth-order valence-electron chi connectivity index (χ4n) is 1.37. The zero-order valence-corrected chi connectivity index (χ0v) is 10.9. The number of benzene rings is 1. The number of aromatic hydroxyl groups is 1. The number of esters is 1. The second kappa shape index (κ2) is 8.34. The monoisotopic (exact) mass is 269 g/mol. The van der Waals surface area contributed by atoms with Crippen LogP contribution in [0, 0.1) is 0 Å². The lowest BCUT2D eigenvalue weighted by molar-refractivity contribution is 0.0383. The van der Waals surface area contributed by atoms with Crippen LogP contribution in [0.3, 0.4) is 0 Å². The third-order valence-electron chi connectivity index (χ3n) is 2.34. The molecule has 1 rings (SSSR count). The summed E-state index contributed by atoms with van der Waals surface area (Å²) in [6.45, 7) is 1.78. The lowest BCUT2D eigenvalue weighted by Gasteiger charge is -2.07. The molecular formula is C13H19NO5. The first-order valence-electron chi connectivity index (χ1n) is 5.97. The number of ether oxygens (including phenoxy) is 3. The van der Waals surface area contributed by atoms with E-state index in [1.54, 1.807) is 7.11 Å². The molecule has 0 radical (unpaired) electrons. The Labute approximate surface area is 112 Å². The van der Waals surface area contributed by atoms with Gasteiger partial charge in [0.1, 0.15) is 11.3 Å². The average molecular weight is 269 g/mol. The summed E-state index contributed by atoms with van der Waals surface area (Å²) in [5.41, 5.74) is 5.96. The van der Waals surface area contributed by atoms with E-state index in [0.717, 1.165) is 0 Å². The van der Waals surface area contributed by atoms with Gasteiger partial charge in [-0.25, -0.2) is 4.79 Å². The Morgan fingerprint density at radius 1 is 1.26 bits per heavy atom. The van der Waals surface area contributed by atoms with Crippen LogP contribution in [-0.2, 0) is 14.2 Å². The summed E-state index contributed by atoms with van der Waals surface area (Å²) in [4.78, 5) is 11.6. The number of methoxy groups -OCH3 is 1. The highest BCUT2D eigenvalue weighted by molar-refractivity contribution is 5.92. The molecular weight excluding hydrogens is 250 g/mol. The van der Waals surface area contributed by atoms with E-state index >= 15 is 0 Å². The number of rotatable bonds is 8. The van der Waals surface area contributed by atoms with Crippen LogP contribution in [0.4, 0.5) is 5.69 Å². The van der Waals surface area contributed by atoms with Crippen molar-refractivity contribution in [1.29, 1.82) is 0 Å². The van der Waals surface area contributed by atoms with Gasteiger partial charge in [0.25, 0.3) is 0 Å². The SMILES string of the molecule is COCCOCCCOC(=O)c1ccc(N)cc1O. The lowest BCUT2D eigenvalue weighted by Crippen LogP contribution is -2.10. The molecule has 3 N–H and O–H groups in total. The van der Waals surface area contributed by atoms with Crippen molar-refractivity contribution in [3.63, 3.8) is 0 Å². The molecule has 0 aliphatic heterocycles. The molecule has 0 bridgehead atoms. The molecule has 0 spiro atoms. The van der Waals surface area contributed by atoms with Crippen molar-refractivity contribution in [3.05, 3.63) is 23.8 Å². The van der Waals surface area contributed by atoms with Gasteiger partial charge in [-0.05, 0) is 12.1 Å². The zero-order valence-electron chi connectivity index (χ0n) is 10.9. The van der Waals surface area contributed by atoms with Gasteiger partial charge in [-0.2, -0.15) is 0 Å². The number of carbonyl (C=O) groups is 1. The standard InChI is InChI=1S/C13H19NO5/c1-17-7-8-18-5-2-6-19-13(16)11-4-3-10(14)9-12(11)15/h3-4,9,15H,2,5-8,14H2,1H3. The van der Waals surface area contributed by atoms with Crippen LogP contribution in [0.5, 0.6) is 5.75 Å². The molecule has 1 aromatic carbocycles. The largest absolute Gasteiger partial charge is 0.507 e. The quantitative estimate of drug-likeness (QED) is 0.418. The Morgan fingerprint density at radius 2 is 2.05 bits per heavy atom. The molecule has 0 aromatic heterocycles. The van der Waals surface area contributed by atoms with Gasteiger partial charge < -0.3 is 25.1 Å². The molecule has 1 aromatic rings. The summed E-state index contributed by atoms with van der Waals surface area (Å²) in [6.07, 6.45) is 0.588. The topological polar surface area (TPSA) is 91.0 Å². The molecule has 0 atom stereocenters. The van der Waals surface area contributed by atoms with E-state index in [1.807, 2.05) is 0 Å². The van der Waals surface area contributed by atoms with Crippen LogP contribution in [0.25, 0.3) is 0 Å². The number of phenols is 1. The summed E-state index contributed by atoms with van der Waals surface area (Å²) in [7, 11) is 1.60. The number of phenolic OH excluding ortho intramolecular Hbond substituents is 1. The smallest absolute Gasteiger partial charge is 0.341 e. The summed E-state index contributed by atoms with van der Waals surface area (Å²) in [5, 5.41) is 9.54. The number of nitrogens with two attached hydrogens (primary N) is 1. The Bertz CT molecular complexity index is 408. The minimum Gasteiger partial charge on any atom is -0.507 e. The summed E-state index contributed by atoms with van der Waals surface area (Å²) in [5.74, 6) is -0.754. The molecule has 6 heteroatoms. The van der Waals surface area contributed by atoms with Gasteiger partial charge in [-0.3, -0.25) is 0 Å². The maximum Gasteiger partial charge on any atom is 0.341 e. The van der Waals surface area contributed by atoms with Gasteiger partial charge >= 0.3 is 5.97 Å². The average Bonchev–Trinajstić information content (AvgIpc) is 2.37. The van der Waals surface area contributed by atoms with E-state index in [9.17, 15) is 9.90 Å². The van der Waals surface area contributed by atoms with E-state index in [1.165, 1.54) is 18.2 Å². The van der Waals surface area contributed by atoms with Crippen LogP contribution in [-0.4, -0.2) is 44.6 Å². The Kier molecular flexibility index (Phi) is 6.70. The lowest BCUT2D eigenvalue weighted by atomic mass is 10.2. The number of hydrogen-bond acceptors (Lipinski definition) is 6. The number of anilines is 1. The van der Waals surface area contributed by atoms with Crippen molar-refractivity contribution >= 4 is 11.7 Å². The second-order valence-electron chi connectivity index (χ2n) is 3.87. The van der Waals surface area contributed by atoms with E-state index in [-0.39, 0.29) is 17.9 Å². The summed E-state index contributed by atoms with van der Waals surface area (Å²) >= 11 is 0. The highest BCUT2D eigenvalue weighted by Crippen LogP contribution is 2.20. The van der Waals surface area contributed by atoms with Gasteiger partial charge in [0, 0.05) is 31.9 Å². The van der Waals surface area contributed by atoms with Crippen molar-refractivity contribution in [3.8, 4) is 5.75 Å². The highest BCUT2D eigenvalue weighted by Gasteiger charge is 2.12. The molecule has 19 heavy (non-hydrogen) atoms. The molecule has 0 heterocycles. The van der Waals surface area contributed by atoms with Crippen LogP contribution in [0.15, 0.2) is 18.2 Å². The minimum absolute atomic E-state index is 0.106. The summed E-state index contributed by atoms with van der Waals surface area (Å²) in [6, 6.07) is 4.27. The predicted octanol–water partition coefficient (Wildman–Crippen LogP) is 1.18. The van der Waals surface area contributed by atoms with E-state index in [4.69, 9.17) is 19.9 Å². The molecule has 0 saturated heterocycles. The van der Waals surface area contributed by atoms with Gasteiger partial charge in [-0.15, -0.1) is 0 Å². The van der Waals surface area contributed by atoms with Crippen molar-refractivity contribution in [1.82, 2.24) is 0 Å². The van der Waals surface area contributed by atoms with Crippen LogP contribution >= 0.6 is 0 Å². The van der Waals surface area contributed by atoms with Gasteiger partial charge in [0.15, 0.2) is 0 Å². The predicted molar refractivity (Wildman–Crippen MR) is 70.1 cm³/mol. The first-order valence-corrected chi connectivity index (χ1v) is 5.97. The third kappa shape index (κ3) is 5.58. The third-order valence-corrected chi connectivity index (χ3v) is 2.34. The summed E-state index contributed by atoms with van der Waals surface area (Å²) < 4.78 is 15.0.